The Balaban J connectivity index is 1.38. The van der Waals surface area contributed by atoms with Gasteiger partial charge in [-0.2, -0.15) is 0 Å². The van der Waals surface area contributed by atoms with Crippen molar-refractivity contribution in [2.75, 3.05) is 39.3 Å². The van der Waals surface area contributed by atoms with Crippen LogP contribution in [0.1, 0.15) is 62.5 Å². The lowest BCUT2D eigenvalue weighted by molar-refractivity contribution is -0.134. The first-order valence-corrected chi connectivity index (χ1v) is 11.1. The maximum Gasteiger partial charge on any atom is 0.236 e. The second-order valence-electron chi connectivity index (χ2n) is 9.05. The molecule has 0 aliphatic carbocycles. The van der Waals surface area contributed by atoms with Gasteiger partial charge in [-0.25, -0.2) is 9.97 Å². The summed E-state index contributed by atoms with van der Waals surface area (Å²) in [6.07, 6.45) is 7.18. The molecule has 158 valence electrons. The highest BCUT2D eigenvalue weighted by atomic mass is 16.2. The zero-order valence-electron chi connectivity index (χ0n) is 17.8. The first-order chi connectivity index (χ1) is 14.0. The van der Waals surface area contributed by atoms with Crippen molar-refractivity contribution in [3.8, 4) is 0 Å². The van der Waals surface area contributed by atoms with Crippen LogP contribution in [0.3, 0.4) is 0 Å². The lowest BCUT2D eigenvalue weighted by atomic mass is 9.96. The standard InChI is InChI=1S/C22H33N5O2/c1-16-5-3-8-25(12-16)15-21(29)27-9-4-6-18(13-27)22-23-11-19-14-26(17(2)28)10-7-20(19)24-22/h11,16,18H,3-10,12-15H2,1-2H3/t16-,18+/m1/s1. The Morgan fingerprint density at radius 3 is 2.72 bits per heavy atom. The van der Waals surface area contributed by atoms with Crippen LogP contribution < -0.4 is 0 Å². The Kier molecular flexibility index (Phi) is 6.13. The number of carbonyl (C=O) groups is 2. The fraction of sp³-hybridized carbons (Fsp3) is 0.727. The molecule has 2 fully saturated rings. The molecule has 1 aromatic rings. The van der Waals surface area contributed by atoms with Crippen LogP contribution >= 0.6 is 0 Å². The third-order valence-corrected chi connectivity index (χ3v) is 6.64. The van der Waals surface area contributed by atoms with Gasteiger partial charge in [-0.15, -0.1) is 0 Å². The Labute approximate surface area is 173 Å². The number of hydrogen-bond acceptors (Lipinski definition) is 5. The fourth-order valence-electron chi connectivity index (χ4n) is 4.93. The summed E-state index contributed by atoms with van der Waals surface area (Å²) in [4.78, 5) is 40.2. The van der Waals surface area contributed by atoms with Crippen LogP contribution in [-0.2, 0) is 22.6 Å². The van der Waals surface area contributed by atoms with Gasteiger partial charge in [0.25, 0.3) is 0 Å². The smallest absolute Gasteiger partial charge is 0.236 e. The van der Waals surface area contributed by atoms with Gasteiger partial charge in [0.1, 0.15) is 5.82 Å². The SMILES string of the molecule is CC(=O)N1CCc2nc([C@H]3CCCN(C(=O)CN4CCC[C@@H](C)C4)C3)ncc2C1. The third kappa shape index (κ3) is 4.77. The van der Waals surface area contributed by atoms with Crippen molar-refractivity contribution in [2.45, 2.75) is 58.4 Å². The Bertz CT molecular complexity index is 768. The molecular formula is C22H33N5O2. The topological polar surface area (TPSA) is 69.6 Å². The second kappa shape index (κ2) is 8.78. The van der Waals surface area contributed by atoms with E-state index in [2.05, 4.69) is 16.8 Å². The normalized spacial score (nSPS) is 25.6. The summed E-state index contributed by atoms with van der Waals surface area (Å²) in [5.74, 6) is 2.12. The van der Waals surface area contributed by atoms with E-state index in [1.165, 1.54) is 12.8 Å². The summed E-state index contributed by atoms with van der Waals surface area (Å²) in [6.45, 7) is 9.40. The van der Waals surface area contributed by atoms with Gasteiger partial charge in [-0.3, -0.25) is 14.5 Å². The maximum atomic E-state index is 12.9. The average molecular weight is 400 g/mol. The van der Waals surface area contributed by atoms with Gasteiger partial charge >= 0.3 is 0 Å². The second-order valence-corrected chi connectivity index (χ2v) is 9.05. The van der Waals surface area contributed by atoms with E-state index in [0.29, 0.717) is 19.0 Å². The van der Waals surface area contributed by atoms with Crippen LogP contribution in [0.25, 0.3) is 0 Å². The van der Waals surface area contributed by atoms with Crippen LogP contribution in [0.5, 0.6) is 0 Å². The van der Waals surface area contributed by atoms with Crippen molar-refractivity contribution in [1.29, 1.82) is 0 Å². The van der Waals surface area contributed by atoms with Crippen LogP contribution in [0, 0.1) is 5.92 Å². The van der Waals surface area contributed by atoms with E-state index >= 15 is 0 Å². The summed E-state index contributed by atoms with van der Waals surface area (Å²) in [5.41, 5.74) is 2.12. The molecule has 0 N–H and O–H groups in total. The molecule has 4 rings (SSSR count). The van der Waals surface area contributed by atoms with E-state index < -0.39 is 0 Å². The minimum Gasteiger partial charge on any atom is -0.341 e. The predicted octanol–water partition coefficient (Wildman–Crippen LogP) is 1.82. The van der Waals surface area contributed by atoms with Crippen molar-refractivity contribution in [2.24, 2.45) is 5.92 Å². The van der Waals surface area contributed by atoms with Crippen molar-refractivity contribution >= 4 is 11.8 Å². The van der Waals surface area contributed by atoms with Crippen molar-refractivity contribution in [1.82, 2.24) is 24.7 Å². The lowest BCUT2D eigenvalue weighted by Crippen LogP contribution is -2.47. The molecule has 2 saturated heterocycles. The zero-order chi connectivity index (χ0) is 20.4. The minimum absolute atomic E-state index is 0.101. The van der Waals surface area contributed by atoms with E-state index in [1.807, 2.05) is 16.0 Å². The molecule has 3 aliphatic rings. The van der Waals surface area contributed by atoms with Gasteiger partial charge in [0.2, 0.25) is 11.8 Å². The molecular weight excluding hydrogens is 366 g/mol. The number of carbonyl (C=O) groups excluding carboxylic acids is 2. The molecule has 7 nitrogen and oxygen atoms in total. The first-order valence-electron chi connectivity index (χ1n) is 11.1. The Morgan fingerprint density at radius 1 is 1.10 bits per heavy atom. The molecule has 2 amide bonds. The van der Waals surface area contributed by atoms with Crippen LogP contribution in [-0.4, -0.2) is 75.8 Å². The molecule has 1 aromatic heterocycles. The highest BCUT2D eigenvalue weighted by Gasteiger charge is 2.29. The molecule has 0 saturated carbocycles. The monoisotopic (exact) mass is 399 g/mol. The highest BCUT2D eigenvalue weighted by molar-refractivity contribution is 5.78. The number of likely N-dealkylation sites (tertiary alicyclic amines) is 2. The number of piperidine rings is 2. The van der Waals surface area contributed by atoms with Crippen LogP contribution in [0.2, 0.25) is 0 Å². The average Bonchev–Trinajstić information content (AvgIpc) is 2.73. The van der Waals surface area contributed by atoms with Gasteiger partial charge in [-0.05, 0) is 38.1 Å². The summed E-state index contributed by atoms with van der Waals surface area (Å²) in [7, 11) is 0. The van der Waals surface area contributed by atoms with Crippen molar-refractivity contribution in [3.63, 3.8) is 0 Å². The van der Waals surface area contributed by atoms with Crippen molar-refractivity contribution < 1.29 is 9.59 Å². The van der Waals surface area contributed by atoms with E-state index in [1.54, 1.807) is 6.92 Å². The highest BCUT2D eigenvalue weighted by Crippen LogP contribution is 2.27. The molecule has 0 aromatic carbocycles. The summed E-state index contributed by atoms with van der Waals surface area (Å²) in [6, 6.07) is 0. The quantitative estimate of drug-likeness (QED) is 0.775. The van der Waals surface area contributed by atoms with Gasteiger partial charge in [0.05, 0.1) is 12.2 Å². The minimum atomic E-state index is 0.101. The lowest BCUT2D eigenvalue weighted by Gasteiger charge is -2.36. The van der Waals surface area contributed by atoms with Crippen LogP contribution in [0.4, 0.5) is 0 Å². The van der Waals surface area contributed by atoms with Crippen LogP contribution in [0.15, 0.2) is 6.20 Å². The van der Waals surface area contributed by atoms with Gasteiger partial charge in [-0.1, -0.05) is 6.92 Å². The largest absolute Gasteiger partial charge is 0.341 e. The zero-order valence-corrected chi connectivity index (χ0v) is 17.8. The summed E-state index contributed by atoms with van der Waals surface area (Å²) >= 11 is 0. The molecule has 0 radical (unpaired) electrons. The molecule has 3 aliphatic heterocycles. The van der Waals surface area contributed by atoms with E-state index in [9.17, 15) is 9.59 Å². The molecule has 0 spiro atoms. The Hall–Kier alpha value is -2.02. The summed E-state index contributed by atoms with van der Waals surface area (Å²) in [5, 5.41) is 0. The fourth-order valence-corrected chi connectivity index (χ4v) is 4.93. The number of fused-ring (bicyclic) bond motifs is 1. The number of aromatic nitrogens is 2. The van der Waals surface area contributed by atoms with E-state index in [0.717, 1.165) is 69.1 Å². The number of amides is 2. The predicted molar refractivity (Wildman–Crippen MR) is 110 cm³/mol. The maximum absolute atomic E-state index is 12.9. The summed E-state index contributed by atoms with van der Waals surface area (Å²) < 4.78 is 0. The Morgan fingerprint density at radius 2 is 1.93 bits per heavy atom. The van der Waals surface area contributed by atoms with Gasteiger partial charge in [0.15, 0.2) is 0 Å². The van der Waals surface area contributed by atoms with Gasteiger partial charge in [0, 0.05) is 63.7 Å². The molecule has 7 heteroatoms. The molecule has 0 bridgehead atoms. The third-order valence-electron chi connectivity index (χ3n) is 6.64. The number of rotatable bonds is 3. The number of nitrogens with zero attached hydrogens (tertiary/aromatic N) is 5. The molecule has 29 heavy (non-hydrogen) atoms. The molecule has 0 unspecified atom stereocenters. The molecule has 4 heterocycles. The van der Waals surface area contributed by atoms with Gasteiger partial charge < -0.3 is 9.80 Å². The molecule has 2 atom stereocenters. The van der Waals surface area contributed by atoms with E-state index in [4.69, 9.17) is 4.98 Å². The number of hydrogen-bond donors (Lipinski definition) is 0. The van der Waals surface area contributed by atoms with E-state index in [-0.39, 0.29) is 17.7 Å². The van der Waals surface area contributed by atoms with Crippen molar-refractivity contribution in [3.05, 3.63) is 23.3 Å². The first kappa shape index (κ1) is 20.3.